The van der Waals surface area contributed by atoms with E-state index in [1.54, 1.807) is 6.20 Å². The van der Waals surface area contributed by atoms with E-state index in [2.05, 4.69) is 34.4 Å². The highest BCUT2D eigenvalue weighted by molar-refractivity contribution is 7.80. The number of carbonyl (C=O) groups is 1. The molecule has 1 amide bonds. The highest BCUT2D eigenvalue weighted by Gasteiger charge is 2.28. The van der Waals surface area contributed by atoms with Crippen LogP contribution in [0, 0.1) is 5.92 Å². The number of carbonyl (C=O) groups excluding carboxylic acids is 1. The predicted octanol–water partition coefficient (Wildman–Crippen LogP) is 3.28. The Hall–Kier alpha value is -2.47. The zero-order valence-electron chi connectivity index (χ0n) is 16.5. The molecule has 0 bridgehead atoms. The molecule has 1 unspecified atom stereocenters. The number of rotatable bonds is 5. The highest BCUT2D eigenvalue weighted by Crippen LogP contribution is 2.23. The molecule has 1 aliphatic heterocycles. The van der Waals surface area contributed by atoms with Crippen molar-refractivity contribution in [3.05, 3.63) is 66.0 Å². The van der Waals surface area contributed by atoms with Crippen LogP contribution in [-0.4, -0.2) is 40.0 Å². The molecule has 0 saturated carbocycles. The smallest absolute Gasteiger partial charge is 0.224 e. The number of pyridine rings is 1. The van der Waals surface area contributed by atoms with Gasteiger partial charge in [0.15, 0.2) is 5.11 Å². The predicted molar refractivity (Wildman–Crippen MR) is 116 cm³/mol. The summed E-state index contributed by atoms with van der Waals surface area (Å²) < 4.78 is 0. The van der Waals surface area contributed by atoms with Crippen LogP contribution >= 0.6 is 12.2 Å². The van der Waals surface area contributed by atoms with Gasteiger partial charge in [0.05, 0.1) is 11.7 Å². The lowest BCUT2D eigenvalue weighted by Gasteiger charge is -2.34. The largest absolute Gasteiger partial charge is 0.360 e. The number of nitrogens with zero attached hydrogens (tertiary/aromatic N) is 2. The van der Waals surface area contributed by atoms with E-state index < -0.39 is 0 Å². The molecule has 0 aliphatic carbocycles. The van der Waals surface area contributed by atoms with Crippen molar-refractivity contribution in [2.45, 2.75) is 38.8 Å². The van der Waals surface area contributed by atoms with Crippen molar-refractivity contribution in [3.63, 3.8) is 0 Å². The Labute approximate surface area is 172 Å². The maximum absolute atomic E-state index is 13.0. The molecule has 3 rings (SSSR count). The summed E-state index contributed by atoms with van der Waals surface area (Å²) in [4.78, 5) is 19.6. The van der Waals surface area contributed by atoms with Crippen LogP contribution in [0.15, 0.2) is 54.7 Å². The number of nitrogens with one attached hydrogen (secondary N) is 2. The first kappa shape index (κ1) is 20.3. The van der Waals surface area contributed by atoms with Gasteiger partial charge < -0.3 is 15.5 Å². The molecule has 2 aromatic rings. The fraction of sp³-hybridized carbons (Fsp3) is 0.409. The zero-order chi connectivity index (χ0) is 19.9. The van der Waals surface area contributed by atoms with Crippen molar-refractivity contribution < 1.29 is 4.79 Å². The fourth-order valence-corrected chi connectivity index (χ4v) is 3.88. The molecular weight excluding hydrogens is 368 g/mol. The molecule has 28 heavy (non-hydrogen) atoms. The SMILES string of the molecule is CC(C)NC(=S)N1CCC(C(=O)NC(c2ccccc2)c2ccccn2)CC1. The minimum Gasteiger partial charge on any atom is -0.360 e. The van der Waals surface area contributed by atoms with Crippen LogP contribution in [0.3, 0.4) is 0 Å². The van der Waals surface area contributed by atoms with E-state index in [4.69, 9.17) is 12.2 Å². The molecule has 1 aromatic heterocycles. The Bertz CT molecular complexity index is 734. The molecule has 1 aliphatic rings. The van der Waals surface area contributed by atoms with Gasteiger partial charge in [-0.25, -0.2) is 0 Å². The average Bonchev–Trinajstić information content (AvgIpc) is 2.72. The van der Waals surface area contributed by atoms with E-state index in [1.807, 2.05) is 48.5 Å². The van der Waals surface area contributed by atoms with E-state index in [9.17, 15) is 4.79 Å². The summed E-state index contributed by atoms with van der Waals surface area (Å²) in [6, 6.07) is 15.9. The lowest BCUT2D eigenvalue weighted by molar-refractivity contribution is -0.126. The van der Waals surface area contributed by atoms with Gasteiger partial charge in [0.25, 0.3) is 0 Å². The van der Waals surface area contributed by atoms with E-state index in [0.717, 1.165) is 42.3 Å². The second-order valence-electron chi connectivity index (χ2n) is 7.47. The third kappa shape index (κ3) is 5.29. The second kappa shape index (κ2) is 9.64. The molecular formula is C22H28N4OS. The van der Waals surface area contributed by atoms with Crippen LogP contribution in [0.5, 0.6) is 0 Å². The first-order valence-electron chi connectivity index (χ1n) is 9.86. The maximum atomic E-state index is 13.0. The number of hydrogen-bond acceptors (Lipinski definition) is 3. The lowest BCUT2D eigenvalue weighted by Crippen LogP contribution is -2.48. The average molecular weight is 397 g/mol. The van der Waals surface area contributed by atoms with Gasteiger partial charge >= 0.3 is 0 Å². The van der Waals surface area contributed by atoms with Gasteiger partial charge in [0, 0.05) is 31.2 Å². The van der Waals surface area contributed by atoms with Gasteiger partial charge in [-0.2, -0.15) is 0 Å². The van der Waals surface area contributed by atoms with E-state index in [0.29, 0.717) is 6.04 Å². The quantitative estimate of drug-likeness (QED) is 0.760. The van der Waals surface area contributed by atoms with Gasteiger partial charge in [-0.3, -0.25) is 9.78 Å². The Morgan fingerprint density at radius 2 is 1.75 bits per heavy atom. The normalized spacial score (nSPS) is 15.9. The minimum absolute atomic E-state index is 0.00646. The molecule has 2 N–H and O–H groups in total. The monoisotopic (exact) mass is 396 g/mol. The summed E-state index contributed by atoms with van der Waals surface area (Å²) in [5, 5.41) is 7.29. The van der Waals surface area contributed by atoms with E-state index >= 15 is 0 Å². The Morgan fingerprint density at radius 3 is 2.36 bits per heavy atom. The van der Waals surface area contributed by atoms with Crippen LogP contribution in [0.25, 0.3) is 0 Å². The highest BCUT2D eigenvalue weighted by atomic mass is 32.1. The summed E-state index contributed by atoms with van der Waals surface area (Å²) in [7, 11) is 0. The number of aromatic nitrogens is 1. The molecule has 5 nitrogen and oxygen atoms in total. The molecule has 2 heterocycles. The van der Waals surface area contributed by atoms with Crippen molar-refractivity contribution >= 4 is 23.2 Å². The maximum Gasteiger partial charge on any atom is 0.224 e. The lowest BCUT2D eigenvalue weighted by atomic mass is 9.94. The van der Waals surface area contributed by atoms with Gasteiger partial charge in [-0.05, 0) is 56.6 Å². The van der Waals surface area contributed by atoms with Gasteiger partial charge in [0.1, 0.15) is 0 Å². The number of piperidine rings is 1. The summed E-state index contributed by atoms with van der Waals surface area (Å²) in [6.07, 6.45) is 3.36. The number of thiocarbonyl (C=S) groups is 1. The number of amides is 1. The standard InChI is InChI=1S/C22H28N4OS/c1-16(2)24-22(28)26-14-11-18(12-15-26)21(27)25-20(17-8-4-3-5-9-17)19-10-6-7-13-23-19/h3-10,13,16,18,20H,11-12,14-15H2,1-2H3,(H,24,28)(H,25,27). The van der Waals surface area contributed by atoms with Crippen molar-refractivity contribution in [1.82, 2.24) is 20.5 Å². The molecule has 1 saturated heterocycles. The first-order valence-corrected chi connectivity index (χ1v) is 10.3. The van der Waals surface area contributed by atoms with Crippen molar-refractivity contribution in [2.24, 2.45) is 5.92 Å². The Balaban J connectivity index is 1.64. The van der Waals surface area contributed by atoms with Gasteiger partial charge in [-0.1, -0.05) is 36.4 Å². The molecule has 0 radical (unpaired) electrons. The van der Waals surface area contributed by atoms with Crippen LogP contribution in [0.2, 0.25) is 0 Å². The fourth-order valence-electron chi connectivity index (χ4n) is 3.46. The minimum atomic E-state index is -0.239. The number of benzene rings is 1. The van der Waals surface area contributed by atoms with Crippen molar-refractivity contribution in [1.29, 1.82) is 0 Å². The summed E-state index contributed by atoms with van der Waals surface area (Å²) in [5.41, 5.74) is 1.89. The molecule has 6 heteroatoms. The molecule has 0 spiro atoms. The Morgan fingerprint density at radius 1 is 1.07 bits per heavy atom. The van der Waals surface area contributed by atoms with E-state index in [1.165, 1.54) is 0 Å². The number of hydrogen-bond donors (Lipinski definition) is 2. The van der Waals surface area contributed by atoms with Gasteiger partial charge in [-0.15, -0.1) is 0 Å². The first-order chi connectivity index (χ1) is 13.5. The molecule has 1 fully saturated rings. The zero-order valence-corrected chi connectivity index (χ0v) is 17.3. The number of likely N-dealkylation sites (tertiary alicyclic amines) is 1. The van der Waals surface area contributed by atoms with Crippen molar-refractivity contribution in [3.8, 4) is 0 Å². The molecule has 148 valence electrons. The van der Waals surface area contributed by atoms with E-state index in [-0.39, 0.29) is 17.9 Å². The van der Waals surface area contributed by atoms with Crippen LogP contribution in [-0.2, 0) is 4.79 Å². The third-order valence-electron chi connectivity index (χ3n) is 4.97. The van der Waals surface area contributed by atoms with Gasteiger partial charge in [0.2, 0.25) is 5.91 Å². The third-order valence-corrected chi connectivity index (χ3v) is 5.34. The van der Waals surface area contributed by atoms with Crippen molar-refractivity contribution in [2.75, 3.05) is 13.1 Å². The van der Waals surface area contributed by atoms with Crippen LogP contribution in [0.1, 0.15) is 44.0 Å². The summed E-state index contributed by atoms with van der Waals surface area (Å²) in [5.74, 6) is 0.0786. The molecule has 1 aromatic carbocycles. The van der Waals surface area contributed by atoms with Crippen LogP contribution < -0.4 is 10.6 Å². The Kier molecular flexibility index (Phi) is 6.98. The summed E-state index contributed by atoms with van der Waals surface area (Å²) in [6.45, 7) is 5.76. The topological polar surface area (TPSA) is 57.3 Å². The molecule has 1 atom stereocenters. The van der Waals surface area contributed by atoms with Crippen LogP contribution in [0.4, 0.5) is 0 Å². The second-order valence-corrected chi connectivity index (χ2v) is 7.86. The summed E-state index contributed by atoms with van der Waals surface area (Å²) >= 11 is 5.46.